The van der Waals surface area contributed by atoms with Crippen LogP contribution in [0.2, 0.25) is 0 Å². The number of rotatable bonds is 17. The Bertz CT molecular complexity index is 1820. The Morgan fingerprint density at radius 3 is 1.60 bits per heavy atom. The fourth-order valence-corrected chi connectivity index (χ4v) is 6.34. The summed E-state index contributed by atoms with van der Waals surface area (Å²) in [6.07, 6.45) is 10.8. The van der Waals surface area contributed by atoms with Crippen LogP contribution in [0.25, 0.3) is 33.2 Å². The van der Waals surface area contributed by atoms with E-state index in [1.807, 2.05) is 72.8 Å². The first kappa shape index (κ1) is 33.4. The molecule has 0 aliphatic rings. The molecule has 1 heterocycles. The highest BCUT2D eigenvalue weighted by Gasteiger charge is 2.26. The number of carboxylic acid groups (broad SMARTS) is 2. The largest absolute Gasteiger partial charge is 0.478 e. The lowest BCUT2D eigenvalue weighted by atomic mass is 9.99. The molecule has 0 atom stereocenters. The van der Waals surface area contributed by atoms with Crippen molar-refractivity contribution in [2.24, 2.45) is 0 Å². The van der Waals surface area contributed by atoms with Gasteiger partial charge in [-0.2, -0.15) is 0 Å². The van der Waals surface area contributed by atoms with Gasteiger partial charge >= 0.3 is 11.9 Å². The van der Waals surface area contributed by atoms with Gasteiger partial charge in [-0.1, -0.05) is 137 Å². The van der Waals surface area contributed by atoms with Gasteiger partial charge in [0, 0.05) is 23.9 Å². The highest BCUT2D eigenvalue weighted by molar-refractivity contribution is 6.15. The zero-order chi connectivity index (χ0) is 33.2. The van der Waals surface area contributed by atoms with Crippen molar-refractivity contribution in [3.63, 3.8) is 0 Å². The molecular weight excluding hydrogens is 586 g/mol. The summed E-state index contributed by atoms with van der Waals surface area (Å²) >= 11 is 0. The highest BCUT2D eigenvalue weighted by atomic mass is 16.4. The van der Waals surface area contributed by atoms with E-state index >= 15 is 0 Å². The zero-order valence-electron chi connectivity index (χ0n) is 27.1. The van der Waals surface area contributed by atoms with E-state index in [1.54, 1.807) is 28.8 Å². The van der Waals surface area contributed by atoms with E-state index in [0.29, 0.717) is 23.9 Å². The summed E-state index contributed by atoms with van der Waals surface area (Å²) in [5.74, 6) is -2.14. The number of benzene rings is 4. The number of carbonyl (C=O) groups is 3. The van der Waals surface area contributed by atoms with Crippen LogP contribution in [0.1, 0.15) is 108 Å². The summed E-state index contributed by atoms with van der Waals surface area (Å²) in [6.45, 7) is 2.55. The molecule has 5 rings (SSSR count). The summed E-state index contributed by atoms with van der Waals surface area (Å²) in [5, 5.41) is 20.2. The fraction of sp³-hybridized carbons (Fsp3) is 0.293. The first-order chi connectivity index (χ1) is 22.9. The molecule has 0 spiro atoms. The molecular formula is C41H43NO5. The van der Waals surface area contributed by atoms with E-state index in [2.05, 4.69) is 6.92 Å². The molecule has 4 aromatic carbocycles. The predicted octanol–water partition coefficient (Wildman–Crippen LogP) is 10.5. The van der Waals surface area contributed by atoms with Crippen LogP contribution in [0.4, 0.5) is 0 Å². The second-order valence-electron chi connectivity index (χ2n) is 12.3. The van der Waals surface area contributed by atoms with Crippen molar-refractivity contribution in [1.29, 1.82) is 0 Å². The van der Waals surface area contributed by atoms with Gasteiger partial charge < -0.3 is 14.8 Å². The molecule has 0 saturated heterocycles. The molecule has 0 unspecified atom stereocenters. The molecule has 0 bridgehead atoms. The van der Waals surface area contributed by atoms with Crippen LogP contribution >= 0.6 is 0 Å². The number of Topliss-reactive ketones (excluding diaryl/α,β-unsaturated/α-hetero) is 1. The van der Waals surface area contributed by atoms with E-state index in [-0.39, 0.29) is 17.0 Å². The average molecular weight is 630 g/mol. The molecule has 0 aliphatic heterocycles. The molecule has 1 aromatic heterocycles. The minimum Gasteiger partial charge on any atom is -0.478 e. The SMILES string of the molecule is CCCCCCCCCCCC(=O)c1c(C(=O)O)n(Cc2ccc(-c3ccc(-c4ccc(C(=O)O)cc4)cc3)cc2)c2ccccc12. The smallest absolute Gasteiger partial charge is 0.353 e. The number of carboxylic acids is 2. The molecule has 0 saturated carbocycles. The quantitative estimate of drug-likeness (QED) is 0.0788. The predicted molar refractivity (Wildman–Crippen MR) is 188 cm³/mol. The minimum atomic E-state index is -1.09. The summed E-state index contributed by atoms with van der Waals surface area (Å²) in [7, 11) is 0. The van der Waals surface area contributed by atoms with Crippen molar-refractivity contribution in [3.8, 4) is 22.3 Å². The van der Waals surface area contributed by atoms with Crippen LogP contribution in [0, 0.1) is 0 Å². The number of nitrogens with zero attached hydrogens (tertiary/aromatic N) is 1. The average Bonchev–Trinajstić information content (AvgIpc) is 3.42. The van der Waals surface area contributed by atoms with Crippen LogP contribution in [0.5, 0.6) is 0 Å². The maximum absolute atomic E-state index is 13.5. The third-order valence-corrected chi connectivity index (χ3v) is 8.94. The number of ketones is 1. The summed E-state index contributed by atoms with van der Waals surface area (Å²) in [5.41, 5.74) is 6.30. The Morgan fingerprint density at radius 2 is 1.06 bits per heavy atom. The van der Waals surface area contributed by atoms with Crippen molar-refractivity contribution in [2.45, 2.75) is 77.7 Å². The number of hydrogen-bond acceptors (Lipinski definition) is 3. The molecule has 0 amide bonds. The molecule has 0 radical (unpaired) electrons. The van der Waals surface area contributed by atoms with Gasteiger partial charge in [0.1, 0.15) is 5.69 Å². The Hall–Kier alpha value is -4.97. The molecule has 5 aromatic rings. The number of para-hydroxylation sites is 1. The number of fused-ring (bicyclic) bond motifs is 1. The third-order valence-electron chi connectivity index (χ3n) is 8.94. The number of carbonyl (C=O) groups excluding carboxylic acids is 1. The Balaban J connectivity index is 1.28. The molecule has 242 valence electrons. The number of aromatic nitrogens is 1. The normalized spacial score (nSPS) is 11.2. The van der Waals surface area contributed by atoms with Crippen LogP contribution < -0.4 is 0 Å². The van der Waals surface area contributed by atoms with Crippen molar-refractivity contribution in [2.75, 3.05) is 0 Å². The Labute approximate surface area is 276 Å². The van der Waals surface area contributed by atoms with Gasteiger partial charge in [-0.15, -0.1) is 0 Å². The second-order valence-corrected chi connectivity index (χ2v) is 12.3. The molecule has 6 nitrogen and oxygen atoms in total. The standard InChI is InChI=1S/C41H43NO5/c1-2-3-4-5-6-7-8-9-10-15-37(43)38-35-13-11-12-14-36(35)42(39(38)41(46)47)28-29-16-18-30(19-17-29)31-20-22-32(23-21-31)33-24-26-34(27-25-33)40(44)45/h11-14,16-27H,2-10,15,28H2,1H3,(H,44,45)(H,46,47). The molecule has 2 N–H and O–H groups in total. The van der Waals surface area contributed by atoms with Crippen molar-refractivity contribution < 1.29 is 24.6 Å². The van der Waals surface area contributed by atoms with E-state index in [1.165, 1.54) is 38.5 Å². The van der Waals surface area contributed by atoms with Gasteiger partial charge in [0.05, 0.1) is 11.1 Å². The van der Waals surface area contributed by atoms with Gasteiger partial charge in [-0.25, -0.2) is 9.59 Å². The number of aromatic carboxylic acids is 2. The summed E-state index contributed by atoms with van der Waals surface area (Å²) in [4.78, 5) is 37.3. The van der Waals surface area contributed by atoms with Gasteiger partial charge in [-0.3, -0.25) is 4.79 Å². The van der Waals surface area contributed by atoms with E-state index in [0.717, 1.165) is 52.6 Å². The molecule has 0 aliphatic carbocycles. The number of hydrogen-bond donors (Lipinski definition) is 2. The maximum atomic E-state index is 13.5. The van der Waals surface area contributed by atoms with Crippen LogP contribution in [0.15, 0.2) is 97.1 Å². The van der Waals surface area contributed by atoms with Crippen LogP contribution in [-0.2, 0) is 6.54 Å². The van der Waals surface area contributed by atoms with Gasteiger partial charge in [-0.05, 0) is 52.4 Å². The van der Waals surface area contributed by atoms with Crippen LogP contribution in [0.3, 0.4) is 0 Å². The zero-order valence-corrected chi connectivity index (χ0v) is 27.1. The molecule has 6 heteroatoms. The minimum absolute atomic E-state index is 0.0585. The maximum Gasteiger partial charge on any atom is 0.353 e. The van der Waals surface area contributed by atoms with Crippen molar-refractivity contribution in [1.82, 2.24) is 4.57 Å². The van der Waals surface area contributed by atoms with Crippen LogP contribution in [-0.4, -0.2) is 32.5 Å². The highest BCUT2D eigenvalue weighted by Crippen LogP contribution is 2.30. The van der Waals surface area contributed by atoms with Crippen molar-refractivity contribution in [3.05, 3.63) is 119 Å². The van der Waals surface area contributed by atoms with Crippen molar-refractivity contribution >= 4 is 28.6 Å². The summed E-state index contributed by atoms with van der Waals surface area (Å²) in [6, 6.07) is 30.4. The second kappa shape index (κ2) is 16.0. The first-order valence-corrected chi connectivity index (χ1v) is 16.8. The topological polar surface area (TPSA) is 96.6 Å². The fourth-order valence-electron chi connectivity index (χ4n) is 6.34. The van der Waals surface area contributed by atoms with Gasteiger partial charge in [0.2, 0.25) is 0 Å². The Morgan fingerprint density at radius 1 is 0.574 bits per heavy atom. The lowest BCUT2D eigenvalue weighted by Gasteiger charge is -2.11. The van der Waals surface area contributed by atoms with E-state index < -0.39 is 11.9 Å². The van der Waals surface area contributed by atoms with E-state index in [4.69, 9.17) is 5.11 Å². The lowest BCUT2D eigenvalue weighted by Crippen LogP contribution is -2.14. The van der Waals surface area contributed by atoms with Gasteiger partial charge in [0.25, 0.3) is 0 Å². The first-order valence-electron chi connectivity index (χ1n) is 16.8. The Kier molecular flexibility index (Phi) is 11.4. The van der Waals surface area contributed by atoms with E-state index in [9.17, 15) is 19.5 Å². The van der Waals surface area contributed by atoms with Gasteiger partial charge in [0.15, 0.2) is 5.78 Å². The summed E-state index contributed by atoms with van der Waals surface area (Å²) < 4.78 is 1.76. The monoisotopic (exact) mass is 629 g/mol. The lowest BCUT2D eigenvalue weighted by molar-refractivity contribution is 0.0676. The molecule has 0 fully saturated rings. The molecule has 47 heavy (non-hydrogen) atoms. The third kappa shape index (κ3) is 8.25. The number of unbranched alkanes of at least 4 members (excludes halogenated alkanes) is 8.